The summed E-state index contributed by atoms with van der Waals surface area (Å²) in [6, 6.07) is 0. The van der Waals surface area contributed by atoms with E-state index in [0.29, 0.717) is 19.7 Å². The molecule has 0 aromatic heterocycles. The predicted molar refractivity (Wildman–Crippen MR) is 37.9 cm³/mol. The maximum absolute atomic E-state index is 11.9. The maximum Gasteiger partial charge on any atom is 0.401 e. The monoisotopic (exact) mass is 183 g/mol. The van der Waals surface area contributed by atoms with Gasteiger partial charge in [-0.15, -0.1) is 0 Å². The van der Waals surface area contributed by atoms with Crippen LogP contribution < -0.4 is 0 Å². The molecule has 0 aromatic rings. The van der Waals surface area contributed by atoms with Crippen LogP contribution in [0.1, 0.15) is 6.92 Å². The highest BCUT2D eigenvalue weighted by Crippen LogP contribution is 2.18. The summed E-state index contributed by atoms with van der Waals surface area (Å²) in [5.74, 6) is 0. The number of likely N-dealkylation sites (N-methyl/N-ethyl adjacent to an activating group) is 1. The molecule has 12 heavy (non-hydrogen) atoms. The Morgan fingerprint density at radius 1 is 1.50 bits per heavy atom. The number of hydrogen-bond donors (Lipinski definition) is 0. The van der Waals surface area contributed by atoms with Crippen LogP contribution in [0, 0.1) is 0 Å². The standard InChI is InChI=1S/C7H12F3NO/c1-2-11(3-6-4-12-6)5-7(8,9)10/h6H,2-5H2,1H3. The number of alkyl halides is 3. The Bertz CT molecular complexity index is 144. The maximum atomic E-state index is 11.9. The third-order valence-electron chi connectivity index (χ3n) is 1.71. The first-order valence-corrected chi connectivity index (χ1v) is 3.92. The molecule has 72 valence electrons. The molecular formula is C7H12F3NO. The second kappa shape index (κ2) is 3.62. The average molecular weight is 183 g/mol. The zero-order valence-corrected chi connectivity index (χ0v) is 6.90. The molecule has 0 saturated carbocycles. The third-order valence-corrected chi connectivity index (χ3v) is 1.71. The van der Waals surface area contributed by atoms with Crippen LogP contribution in [-0.4, -0.2) is 43.4 Å². The average Bonchev–Trinajstić information content (AvgIpc) is 2.67. The van der Waals surface area contributed by atoms with Crippen molar-refractivity contribution < 1.29 is 17.9 Å². The Kier molecular flexibility index (Phi) is 2.95. The van der Waals surface area contributed by atoms with Gasteiger partial charge in [0.1, 0.15) is 0 Å². The Hall–Kier alpha value is -0.290. The molecule has 1 fully saturated rings. The Balaban J connectivity index is 2.23. The summed E-state index contributed by atoms with van der Waals surface area (Å²) >= 11 is 0. The van der Waals surface area contributed by atoms with Gasteiger partial charge in [0.25, 0.3) is 0 Å². The van der Waals surface area contributed by atoms with Crippen molar-refractivity contribution in [3.8, 4) is 0 Å². The molecule has 5 heteroatoms. The predicted octanol–water partition coefficient (Wildman–Crippen LogP) is 1.27. The number of halogens is 3. The molecule has 0 aromatic carbocycles. The van der Waals surface area contributed by atoms with Crippen molar-refractivity contribution in [2.24, 2.45) is 0 Å². The number of hydrogen-bond acceptors (Lipinski definition) is 2. The van der Waals surface area contributed by atoms with Crippen LogP contribution in [0.15, 0.2) is 0 Å². The van der Waals surface area contributed by atoms with Crippen LogP contribution in [0.5, 0.6) is 0 Å². The summed E-state index contributed by atoms with van der Waals surface area (Å²) < 4.78 is 40.5. The molecule has 1 saturated heterocycles. The Labute approximate surface area is 69.3 Å². The fourth-order valence-electron chi connectivity index (χ4n) is 1.02. The molecule has 1 heterocycles. The number of rotatable bonds is 4. The largest absolute Gasteiger partial charge is 0.401 e. The van der Waals surface area contributed by atoms with Gasteiger partial charge in [0, 0.05) is 6.54 Å². The third kappa shape index (κ3) is 3.92. The van der Waals surface area contributed by atoms with Gasteiger partial charge in [-0.3, -0.25) is 4.90 Å². The second-order valence-corrected chi connectivity index (χ2v) is 2.90. The van der Waals surface area contributed by atoms with Crippen LogP contribution in [0.2, 0.25) is 0 Å². The van der Waals surface area contributed by atoms with Gasteiger partial charge >= 0.3 is 6.18 Å². The summed E-state index contributed by atoms with van der Waals surface area (Å²) in [5.41, 5.74) is 0. The number of ether oxygens (including phenoxy) is 1. The first-order valence-electron chi connectivity index (χ1n) is 3.92. The molecular weight excluding hydrogens is 171 g/mol. The van der Waals surface area contributed by atoms with Crippen molar-refractivity contribution in [3.05, 3.63) is 0 Å². The second-order valence-electron chi connectivity index (χ2n) is 2.90. The van der Waals surface area contributed by atoms with Crippen molar-refractivity contribution in [1.82, 2.24) is 4.90 Å². The zero-order chi connectivity index (χ0) is 9.19. The molecule has 0 radical (unpaired) electrons. The summed E-state index contributed by atoms with van der Waals surface area (Å²) in [6.07, 6.45) is -4.06. The van der Waals surface area contributed by atoms with E-state index in [0.717, 1.165) is 0 Å². The van der Waals surface area contributed by atoms with E-state index in [9.17, 15) is 13.2 Å². The molecule has 2 nitrogen and oxygen atoms in total. The van der Waals surface area contributed by atoms with E-state index < -0.39 is 12.7 Å². The molecule has 1 unspecified atom stereocenters. The van der Waals surface area contributed by atoms with Crippen molar-refractivity contribution in [2.75, 3.05) is 26.2 Å². The Morgan fingerprint density at radius 2 is 2.08 bits per heavy atom. The molecule has 0 spiro atoms. The molecule has 1 rings (SSSR count). The summed E-state index contributed by atoms with van der Waals surface area (Å²) in [7, 11) is 0. The highest BCUT2D eigenvalue weighted by molar-refractivity contribution is 4.75. The van der Waals surface area contributed by atoms with Crippen LogP contribution in [0.3, 0.4) is 0 Å². The van der Waals surface area contributed by atoms with Crippen LogP contribution >= 0.6 is 0 Å². The lowest BCUT2D eigenvalue weighted by atomic mass is 10.4. The van der Waals surface area contributed by atoms with E-state index in [4.69, 9.17) is 4.74 Å². The highest BCUT2D eigenvalue weighted by Gasteiger charge is 2.33. The van der Waals surface area contributed by atoms with Gasteiger partial charge in [0.2, 0.25) is 0 Å². The van der Waals surface area contributed by atoms with E-state index >= 15 is 0 Å². The molecule has 0 N–H and O–H groups in total. The van der Waals surface area contributed by atoms with E-state index in [1.807, 2.05) is 0 Å². The van der Waals surface area contributed by atoms with E-state index in [2.05, 4.69) is 0 Å². The van der Waals surface area contributed by atoms with Crippen molar-refractivity contribution in [1.29, 1.82) is 0 Å². The van der Waals surface area contributed by atoms with Crippen molar-refractivity contribution >= 4 is 0 Å². The first kappa shape index (κ1) is 9.80. The Morgan fingerprint density at radius 3 is 2.42 bits per heavy atom. The number of epoxide rings is 1. The normalized spacial score (nSPS) is 23.2. The lowest BCUT2D eigenvalue weighted by molar-refractivity contribution is -0.145. The van der Waals surface area contributed by atoms with Gasteiger partial charge in [0.05, 0.1) is 19.3 Å². The fraction of sp³-hybridized carbons (Fsp3) is 1.00. The van der Waals surface area contributed by atoms with Gasteiger partial charge in [-0.1, -0.05) is 6.92 Å². The zero-order valence-electron chi connectivity index (χ0n) is 6.90. The van der Waals surface area contributed by atoms with Crippen LogP contribution in [0.4, 0.5) is 13.2 Å². The van der Waals surface area contributed by atoms with Crippen LogP contribution in [0.25, 0.3) is 0 Å². The SMILES string of the molecule is CCN(CC1CO1)CC(F)(F)F. The number of nitrogens with zero attached hydrogens (tertiary/aromatic N) is 1. The van der Waals surface area contributed by atoms with Gasteiger partial charge in [0.15, 0.2) is 0 Å². The minimum atomic E-state index is -4.09. The van der Waals surface area contributed by atoms with E-state index in [1.54, 1.807) is 6.92 Å². The van der Waals surface area contributed by atoms with Crippen molar-refractivity contribution in [2.45, 2.75) is 19.2 Å². The molecule has 1 aliphatic heterocycles. The van der Waals surface area contributed by atoms with Crippen molar-refractivity contribution in [3.63, 3.8) is 0 Å². The minimum absolute atomic E-state index is 0.0345. The topological polar surface area (TPSA) is 15.8 Å². The van der Waals surface area contributed by atoms with Gasteiger partial charge in [-0.05, 0) is 6.54 Å². The smallest absolute Gasteiger partial charge is 0.372 e. The lowest BCUT2D eigenvalue weighted by Gasteiger charge is -2.20. The van der Waals surface area contributed by atoms with Gasteiger partial charge < -0.3 is 4.74 Å². The minimum Gasteiger partial charge on any atom is -0.372 e. The quantitative estimate of drug-likeness (QED) is 0.610. The van der Waals surface area contributed by atoms with Gasteiger partial charge in [-0.25, -0.2) is 0 Å². The van der Waals surface area contributed by atoms with Crippen LogP contribution in [-0.2, 0) is 4.74 Å². The summed E-state index contributed by atoms with van der Waals surface area (Å²) in [4.78, 5) is 1.34. The summed E-state index contributed by atoms with van der Waals surface area (Å²) in [5, 5.41) is 0. The molecule has 0 aliphatic carbocycles. The van der Waals surface area contributed by atoms with E-state index in [1.165, 1.54) is 4.90 Å². The summed E-state index contributed by atoms with van der Waals surface area (Å²) in [6.45, 7) is 2.31. The lowest BCUT2D eigenvalue weighted by Crippen LogP contribution is -2.36. The molecule has 1 atom stereocenters. The molecule has 0 amide bonds. The highest BCUT2D eigenvalue weighted by atomic mass is 19.4. The molecule has 1 aliphatic rings. The fourth-order valence-corrected chi connectivity index (χ4v) is 1.02. The van der Waals surface area contributed by atoms with E-state index in [-0.39, 0.29) is 6.10 Å². The van der Waals surface area contributed by atoms with Gasteiger partial charge in [-0.2, -0.15) is 13.2 Å². The molecule has 0 bridgehead atoms. The first-order chi connectivity index (χ1) is 5.51.